The minimum absolute atomic E-state index is 0.0241. The van der Waals surface area contributed by atoms with Crippen molar-refractivity contribution in [2.24, 2.45) is 5.92 Å². The van der Waals surface area contributed by atoms with Crippen LogP contribution in [-0.4, -0.2) is 11.0 Å². The number of carbonyl (C=O) groups is 1. The number of rotatable bonds is 3. The van der Waals surface area contributed by atoms with Crippen molar-refractivity contribution in [3.63, 3.8) is 0 Å². The van der Waals surface area contributed by atoms with E-state index in [0.29, 0.717) is 10.7 Å². The third kappa shape index (κ3) is 3.13. The lowest BCUT2D eigenvalue weighted by Gasteiger charge is -2.11. The fraction of sp³-hybridized carbons (Fsp3) is 0.364. The average Bonchev–Trinajstić information content (AvgIpc) is 2.22. The summed E-state index contributed by atoms with van der Waals surface area (Å²) in [7, 11) is 0. The van der Waals surface area contributed by atoms with Gasteiger partial charge in [-0.05, 0) is 24.6 Å². The summed E-state index contributed by atoms with van der Waals surface area (Å²) in [6, 6.07) is 4.54. The minimum atomic E-state index is -0.116. The molecule has 0 saturated carbocycles. The maximum Gasteiger partial charge on any atom is 0.227 e. The first-order valence-electron chi connectivity index (χ1n) is 4.84. The zero-order valence-electron chi connectivity index (χ0n) is 8.75. The van der Waals surface area contributed by atoms with Crippen LogP contribution in [0, 0.1) is 5.92 Å². The van der Waals surface area contributed by atoms with E-state index in [4.69, 9.17) is 11.6 Å². The van der Waals surface area contributed by atoms with Gasteiger partial charge in [0.25, 0.3) is 0 Å². The van der Waals surface area contributed by atoms with E-state index >= 15 is 0 Å². The van der Waals surface area contributed by atoms with Crippen molar-refractivity contribution in [2.45, 2.75) is 20.3 Å². The van der Waals surface area contributed by atoms with Crippen LogP contribution in [0.3, 0.4) is 0 Å². The molecular formula is C11H14ClNO2. The standard InChI is InChI=1S/C11H14ClNO2/c1-3-7(2)11(15)13-9-6-8(12)4-5-10(9)14/h4-7,14H,3H2,1-2H3,(H,13,15)/t7-/m0/s1. The Kier molecular flexibility index (Phi) is 3.97. The maximum atomic E-state index is 11.5. The van der Waals surface area contributed by atoms with Gasteiger partial charge in [0.15, 0.2) is 0 Å². The number of phenolic OH excluding ortho intramolecular Hbond substituents is 1. The molecule has 1 atom stereocenters. The van der Waals surface area contributed by atoms with Crippen molar-refractivity contribution in [2.75, 3.05) is 5.32 Å². The number of hydrogen-bond donors (Lipinski definition) is 2. The summed E-state index contributed by atoms with van der Waals surface area (Å²) in [6.07, 6.45) is 0.757. The lowest BCUT2D eigenvalue weighted by atomic mass is 10.1. The number of amides is 1. The van der Waals surface area contributed by atoms with Crippen molar-refractivity contribution < 1.29 is 9.90 Å². The largest absolute Gasteiger partial charge is 0.506 e. The topological polar surface area (TPSA) is 49.3 Å². The summed E-state index contributed by atoms with van der Waals surface area (Å²) in [5, 5.41) is 12.6. The summed E-state index contributed by atoms with van der Waals surface area (Å²) in [4.78, 5) is 11.5. The van der Waals surface area contributed by atoms with Crippen LogP contribution in [0.4, 0.5) is 5.69 Å². The van der Waals surface area contributed by atoms with Gasteiger partial charge in [-0.2, -0.15) is 0 Å². The highest BCUT2D eigenvalue weighted by Crippen LogP contribution is 2.26. The van der Waals surface area contributed by atoms with Crippen LogP contribution in [0.1, 0.15) is 20.3 Å². The highest BCUT2D eigenvalue weighted by Gasteiger charge is 2.12. The summed E-state index contributed by atoms with van der Waals surface area (Å²) < 4.78 is 0. The van der Waals surface area contributed by atoms with E-state index in [1.165, 1.54) is 12.1 Å². The SMILES string of the molecule is CC[C@H](C)C(=O)Nc1cc(Cl)ccc1O. The fourth-order valence-corrected chi connectivity index (χ4v) is 1.22. The quantitative estimate of drug-likeness (QED) is 0.780. The molecule has 2 N–H and O–H groups in total. The molecule has 82 valence electrons. The minimum Gasteiger partial charge on any atom is -0.506 e. The molecule has 0 spiro atoms. The molecule has 0 aromatic heterocycles. The summed E-state index contributed by atoms with van der Waals surface area (Å²) in [5.41, 5.74) is 0.354. The first-order valence-corrected chi connectivity index (χ1v) is 5.21. The van der Waals surface area contributed by atoms with Crippen molar-refractivity contribution in [3.05, 3.63) is 23.2 Å². The Balaban J connectivity index is 2.80. The lowest BCUT2D eigenvalue weighted by molar-refractivity contribution is -0.119. The van der Waals surface area contributed by atoms with E-state index in [9.17, 15) is 9.90 Å². The van der Waals surface area contributed by atoms with Gasteiger partial charge in [0.05, 0.1) is 5.69 Å². The van der Waals surface area contributed by atoms with Gasteiger partial charge >= 0.3 is 0 Å². The number of benzene rings is 1. The highest BCUT2D eigenvalue weighted by atomic mass is 35.5. The van der Waals surface area contributed by atoms with Gasteiger partial charge in [-0.3, -0.25) is 4.79 Å². The van der Waals surface area contributed by atoms with E-state index in [2.05, 4.69) is 5.32 Å². The van der Waals surface area contributed by atoms with Gasteiger partial charge in [0.2, 0.25) is 5.91 Å². The lowest BCUT2D eigenvalue weighted by Crippen LogP contribution is -2.19. The zero-order chi connectivity index (χ0) is 11.4. The van der Waals surface area contributed by atoms with Crippen LogP contribution in [-0.2, 0) is 4.79 Å². The molecule has 1 amide bonds. The maximum absolute atomic E-state index is 11.5. The Bertz CT molecular complexity index is 366. The van der Waals surface area contributed by atoms with Crippen molar-refractivity contribution in [1.82, 2.24) is 0 Å². The number of hydrogen-bond acceptors (Lipinski definition) is 2. The van der Waals surface area contributed by atoms with E-state index in [0.717, 1.165) is 6.42 Å². The molecule has 4 heteroatoms. The smallest absolute Gasteiger partial charge is 0.227 e. The fourth-order valence-electron chi connectivity index (χ4n) is 1.05. The number of halogens is 1. The molecule has 1 aromatic carbocycles. The number of phenols is 1. The molecule has 0 bridgehead atoms. The van der Waals surface area contributed by atoms with Gasteiger partial charge < -0.3 is 10.4 Å². The van der Waals surface area contributed by atoms with E-state index < -0.39 is 0 Å². The normalized spacial score (nSPS) is 12.2. The number of aromatic hydroxyl groups is 1. The highest BCUT2D eigenvalue weighted by molar-refractivity contribution is 6.31. The molecular weight excluding hydrogens is 214 g/mol. The monoisotopic (exact) mass is 227 g/mol. The van der Waals surface area contributed by atoms with Crippen molar-refractivity contribution >= 4 is 23.2 Å². The second kappa shape index (κ2) is 5.03. The van der Waals surface area contributed by atoms with Crippen LogP contribution in [0.25, 0.3) is 0 Å². The first-order chi connectivity index (χ1) is 7.04. The van der Waals surface area contributed by atoms with Gasteiger partial charge in [0.1, 0.15) is 5.75 Å². The Morgan fingerprint density at radius 1 is 1.60 bits per heavy atom. The van der Waals surface area contributed by atoms with Crippen LogP contribution in [0.5, 0.6) is 5.75 Å². The third-order valence-electron chi connectivity index (χ3n) is 2.28. The number of nitrogens with one attached hydrogen (secondary N) is 1. The molecule has 1 rings (SSSR count). The van der Waals surface area contributed by atoms with Gasteiger partial charge in [-0.25, -0.2) is 0 Å². The van der Waals surface area contributed by atoms with Crippen molar-refractivity contribution in [3.8, 4) is 5.75 Å². The molecule has 0 aliphatic heterocycles. The Morgan fingerprint density at radius 2 is 2.27 bits per heavy atom. The molecule has 0 aliphatic carbocycles. The van der Waals surface area contributed by atoms with E-state index in [1.54, 1.807) is 6.07 Å². The Morgan fingerprint density at radius 3 is 2.87 bits per heavy atom. The third-order valence-corrected chi connectivity index (χ3v) is 2.51. The zero-order valence-corrected chi connectivity index (χ0v) is 9.51. The molecule has 0 unspecified atom stereocenters. The Hall–Kier alpha value is -1.22. The van der Waals surface area contributed by atoms with Crippen LogP contribution >= 0.6 is 11.6 Å². The van der Waals surface area contributed by atoms with Crippen LogP contribution in [0.2, 0.25) is 5.02 Å². The molecule has 0 heterocycles. The van der Waals surface area contributed by atoms with Crippen LogP contribution < -0.4 is 5.32 Å². The molecule has 0 saturated heterocycles. The molecule has 3 nitrogen and oxygen atoms in total. The van der Waals surface area contributed by atoms with Crippen LogP contribution in [0.15, 0.2) is 18.2 Å². The average molecular weight is 228 g/mol. The van der Waals surface area contributed by atoms with Gasteiger partial charge in [0, 0.05) is 10.9 Å². The van der Waals surface area contributed by atoms with E-state index in [-0.39, 0.29) is 17.6 Å². The second-order valence-electron chi connectivity index (χ2n) is 3.46. The molecule has 15 heavy (non-hydrogen) atoms. The molecule has 0 aliphatic rings. The summed E-state index contributed by atoms with van der Waals surface area (Å²) in [5.74, 6) is -0.172. The van der Waals surface area contributed by atoms with E-state index in [1.807, 2.05) is 13.8 Å². The van der Waals surface area contributed by atoms with Gasteiger partial charge in [-0.15, -0.1) is 0 Å². The summed E-state index contributed by atoms with van der Waals surface area (Å²) >= 11 is 5.75. The predicted octanol–water partition coefficient (Wildman–Crippen LogP) is 3.03. The van der Waals surface area contributed by atoms with Crippen molar-refractivity contribution in [1.29, 1.82) is 0 Å². The molecule has 1 aromatic rings. The first kappa shape index (κ1) is 11.9. The predicted molar refractivity (Wildman–Crippen MR) is 61.2 cm³/mol. The molecule has 0 fully saturated rings. The summed E-state index contributed by atoms with van der Waals surface area (Å²) in [6.45, 7) is 3.76. The second-order valence-corrected chi connectivity index (χ2v) is 3.90. The number of anilines is 1. The Labute approximate surface area is 94.1 Å². The van der Waals surface area contributed by atoms with Gasteiger partial charge in [-0.1, -0.05) is 25.4 Å². The number of carbonyl (C=O) groups excluding carboxylic acids is 1. The molecule has 0 radical (unpaired) electrons.